The van der Waals surface area contributed by atoms with Gasteiger partial charge in [0.1, 0.15) is 11.4 Å². The Bertz CT molecular complexity index is 192. The smallest absolute Gasteiger partial charge is 0.120 e. The molecule has 0 fully saturated rings. The van der Waals surface area contributed by atoms with Crippen LogP contribution in [0.25, 0.3) is 0 Å². The summed E-state index contributed by atoms with van der Waals surface area (Å²) >= 11 is 0. The van der Waals surface area contributed by atoms with Crippen molar-refractivity contribution in [3.8, 4) is 0 Å². The maximum absolute atomic E-state index is 9.62. The molecule has 0 amide bonds. The Kier molecular flexibility index (Phi) is 2.47. The molecular formula is C10H18O2. The largest absolute Gasteiger partial charge is 0.510 e. The summed E-state index contributed by atoms with van der Waals surface area (Å²) in [6, 6.07) is 0. The minimum absolute atomic E-state index is 0.146. The molecular weight excluding hydrogens is 152 g/mol. The molecule has 2 N–H and O–H groups in total. The zero-order valence-electron chi connectivity index (χ0n) is 8.04. The molecule has 1 aliphatic carbocycles. The molecule has 0 saturated carbocycles. The van der Waals surface area contributed by atoms with E-state index in [1.54, 1.807) is 13.0 Å². The van der Waals surface area contributed by atoms with E-state index in [0.29, 0.717) is 18.3 Å². The molecule has 1 unspecified atom stereocenters. The molecule has 1 rings (SSSR count). The SMILES string of the molecule is CC(C)[C@H]1C=C(O)C(C)(O)CC1. The van der Waals surface area contributed by atoms with Gasteiger partial charge in [-0.25, -0.2) is 0 Å². The van der Waals surface area contributed by atoms with Crippen LogP contribution in [0, 0.1) is 11.8 Å². The summed E-state index contributed by atoms with van der Waals surface area (Å²) in [7, 11) is 0. The second kappa shape index (κ2) is 3.09. The van der Waals surface area contributed by atoms with E-state index < -0.39 is 5.60 Å². The van der Waals surface area contributed by atoms with Gasteiger partial charge in [-0.3, -0.25) is 0 Å². The molecule has 2 atom stereocenters. The van der Waals surface area contributed by atoms with Crippen molar-refractivity contribution in [1.29, 1.82) is 0 Å². The van der Waals surface area contributed by atoms with Crippen LogP contribution in [0.1, 0.15) is 33.6 Å². The lowest BCUT2D eigenvalue weighted by Crippen LogP contribution is -2.32. The number of aliphatic hydroxyl groups is 2. The average molecular weight is 170 g/mol. The molecule has 0 saturated heterocycles. The first-order valence-corrected chi connectivity index (χ1v) is 4.57. The number of rotatable bonds is 1. The summed E-state index contributed by atoms with van der Waals surface area (Å²) in [5, 5.41) is 19.1. The van der Waals surface area contributed by atoms with E-state index in [1.165, 1.54) is 0 Å². The van der Waals surface area contributed by atoms with Crippen LogP contribution in [0.4, 0.5) is 0 Å². The highest BCUT2D eigenvalue weighted by Crippen LogP contribution is 2.33. The van der Waals surface area contributed by atoms with Crippen LogP contribution in [-0.4, -0.2) is 15.8 Å². The van der Waals surface area contributed by atoms with E-state index >= 15 is 0 Å². The summed E-state index contributed by atoms with van der Waals surface area (Å²) < 4.78 is 0. The van der Waals surface area contributed by atoms with Gasteiger partial charge in [0, 0.05) is 0 Å². The van der Waals surface area contributed by atoms with Crippen LogP contribution in [0.2, 0.25) is 0 Å². The van der Waals surface area contributed by atoms with Crippen molar-refractivity contribution in [1.82, 2.24) is 0 Å². The first-order valence-electron chi connectivity index (χ1n) is 4.57. The molecule has 2 nitrogen and oxygen atoms in total. The Hall–Kier alpha value is -0.500. The first kappa shape index (κ1) is 9.59. The van der Waals surface area contributed by atoms with Crippen LogP contribution in [-0.2, 0) is 0 Å². The Balaban J connectivity index is 2.75. The Morgan fingerprint density at radius 2 is 2.17 bits per heavy atom. The molecule has 0 heterocycles. The van der Waals surface area contributed by atoms with E-state index in [4.69, 9.17) is 0 Å². The summed E-state index contributed by atoms with van der Waals surface area (Å²) in [5.41, 5.74) is -0.981. The fraction of sp³-hybridized carbons (Fsp3) is 0.800. The third-order valence-corrected chi connectivity index (χ3v) is 2.74. The lowest BCUT2D eigenvalue weighted by atomic mass is 9.80. The number of allylic oxidation sites excluding steroid dienone is 1. The lowest BCUT2D eigenvalue weighted by Gasteiger charge is -2.31. The molecule has 0 spiro atoms. The van der Waals surface area contributed by atoms with Crippen molar-refractivity contribution in [3.05, 3.63) is 11.8 Å². The second-order valence-corrected chi connectivity index (χ2v) is 4.27. The van der Waals surface area contributed by atoms with Crippen molar-refractivity contribution in [2.75, 3.05) is 0 Å². The minimum atomic E-state index is -0.981. The lowest BCUT2D eigenvalue weighted by molar-refractivity contribution is 0.0273. The predicted molar refractivity (Wildman–Crippen MR) is 48.9 cm³/mol. The zero-order chi connectivity index (χ0) is 9.35. The maximum atomic E-state index is 9.62. The van der Waals surface area contributed by atoms with Gasteiger partial charge in [0.2, 0.25) is 0 Å². The first-order chi connectivity index (χ1) is 5.43. The highest BCUT2D eigenvalue weighted by molar-refractivity contribution is 5.12. The monoisotopic (exact) mass is 170 g/mol. The summed E-state index contributed by atoms with van der Waals surface area (Å²) in [5.74, 6) is 1.11. The van der Waals surface area contributed by atoms with Gasteiger partial charge in [0.05, 0.1) is 0 Å². The fourth-order valence-electron chi connectivity index (χ4n) is 1.57. The van der Waals surface area contributed by atoms with Crippen LogP contribution in [0.5, 0.6) is 0 Å². The summed E-state index contributed by atoms with van der Waals surface area (Å²) in [6.45, 7) is 5.93. The van der Waals surface area contributed by atoms with Gasteiger partial charge < -0.3 is 10.2 Å². The van der Waals surface area contributed by atoms with Gasteiger partial charge in [0.25, 0.3) is 0 Å². The van der Waals surface area contributed by atoms with Crippen molar-refractivity contribution in [2.24, 2.45) is 11.8 Å². The van der Waals surface area contributed by atoms with Gasteiger partial charge in [-0.1, -0.05) is 13.8 Å². The average Bonchev–Trinajstić information content (AvgIpc) is 1.94. The van der Waals surface area contributed by atoms with Crippen molar-refractivity contribution in [2.45, 2.75) is 39.2 Å². The maximum Gasteiger partial charge on any atom is 0.120 e. The van der Waals surface area contributed by atoms with Gasteiger partial charge >= 0.3 is 0 Å². The van der Waals surface area contributed by atoms with Crippen LogP contribution in [0.3, 0.4) is 0 Å². The molecule has 0 aliphatic heterocycles. The predicted octanol–water partition coefficient (Wildman–Crippen LogP) is 2.25. The standard InChI is InChI=1S/C10H18O2/c1-7(2)8-4-5-10(3,12)9(11)6-8/h6-8,11-12H,4-5H2,1-3H3/t8-,10?/m1/s1. The topological polar surface area (TPSA) is 40.5 Å². The van der Waals surface area contributed by atoms with Gasteiger partial charge in [-0.15, -0.1) is 0 Å². The third kappa shape index (κ3) is 1.81. The van der Waals surface area contributed by atoms with E-state index in [9.17, 15) is 10.2 Å². The van der Waals surface area contributed by atoms with Gasteiger partial charge in [-0.05, 0) is 37.7 Å². The summed E-state index contributed by atoms with van der Waals surface area (Å²) in [4.78, 5) is 0. The zero-order valence-corrected chi connectivity index (χ0v) is 8.04. The Morgan fingerprint density at radius 3 is 2.58 bits per heavy atom. The second-order valence-electron chi connectivity index (χ2n) is 4.27. The fourth-order valence-corrected chi connectivity index (χ4v) is 1.57. The minimum Gasteiger partial charge on any atom is -0.510 e. The normalized spacial score (nSPS) is 36.8. The molecule has 2 heteroatoms. The van der Waals surface area contributed by atoms with E-state index in [-0.39, 0.29) is 5.76 Å². The number of hydrogen-bond donors (Lipinski definition) is 2. The molecule has 0 aromatic carbocycles. The van der Waals surface area contributed by atoms with Gasteiger partial charge in [0.15, 0.2) is 0 Å². The molecule has 0 radical (unpaired) electrons. The van der Waals surface area contributed by atoms with Crippen LogP contribution in [0.15, 0.2) is 11.8 Å². The molecule has 1 aliphatic rings. The van der Waals surface area contributed by atoms with Crippen LogP contribution >= 0.6 is 0 Å². The Labute approximate surface area is 73.9 Å². The highest BCUT2D eigenvalue weighted by atomic mass is 16.3. The van der Waals surface area contributed by atoms with E-state index in [1.807, 2.05) is 0 Å². The van der Waals surface area contributed by atoms with Crippen LogP contribution < -0.4 is 0 Å². The summed E-state index contributed by atoms with van der Waals surface area (Å²) in [6.07, 6.45) is 3.43. The van der Waals surface area contributed by atoms with E-state index in [2.05, 4.69) is 13.8 Å². The van der Waals surface area contributed by atoms with Crippen molar-refractivity contribution < 1.29 is 10.2 Å². The quantitative estimate of drug-likeness (QED) is 0.633. The molecule has 0 aromatic rings. The highest BCUT2D eigenvalue weighted by Gasteiger charge is 2.32. The molecule has 0 bridgehead atoms. The van der Waals surface area contributed by atoms with Crippen molar-refractivity contribution in [3.63, 3.8) is 0 Å². The third-order valence-electron chi connectivity index (χ3n) is 2.74. The Morgan fingerprint density at radius 1 is 1.58 bits per heavy atom. The molecule has 0 aromatic heterocycles. The van der Waals surface area contributed by atoms with Gasteiger partial charge in [-0.2, -0.15) is 0 Å². The van der Waals surface area contributed by atoms with Crippen molar-refractivity contribution >= 4 is 0 Å². The molecule has 12 heavy (non-hydrogen) atoms. The number of hydrogen-bond acceptors (Lipinski definition) is 2. The van der Waals surface area contributed by atoms with E-state index in [0.717, 1.165) is 6.42 Å². The number of aliphatic hydroxyl groups excluding tert-OH is 1. The molecule has 70 valence electrons.